The van der Waals surface area contributed by atoms with Gasteiger partial charge in [0.05, 0.1) is 24.9 Å². The average molecular weight is 369 g/mol. The minimum absolute atomic E-state index is 0.0481. The lowest BCUT2D eigenvalue weighted by Gasteiger charge is -2.32. The van der Waals surface area contributed by atoms with Gasteiger partial charge in [0, 0.05) is 37.3 Å². The van der Waals surface area contributed by atoms with Crippen molar-refractivity contribution in [2.24, 2.45) is 5.73 Å². The van der Waals surface area contributed by atoms with Gasteiger partial charge in [-0.1, -0.05) is 0 Å². The molecule has 1 fully saturated rings. The Kier molecular flexibility index (Phi) is 4.57. The summed E-state index contributed by atoms with van der Waals surface area (Å²) >= 11 is 0. The van der Waals surface area contributed by atoms with Gasteiger partial charge >= 0.3 is 0 Å². The molecule has 27 heavy (non-hydrogen) atoms. The normalized spacial score (nSPS) is 20.2. The predicted molar refractivity (Wildman–Crippen MR) is 97.5 cm³/mol. The van der Waals surface area contributed by atoms with Crippen molar-refractivity contribution in [2.45, 2.75) is 32.0 Å². The average Bonchev–Trinajstić information content (AvgIpc) is 3.09. The summed E-state index contributed by atoms with van der Waals surface area (Å²) in [5.41, 5.74) is 6.97. The second-order valence-corrected chi connectivity index (χ2v) is 6.82. The van der Waals surface area contributed by atoms with E-state index in [1.165, 1.54) is 4.90 Å². The highest BCUT2D eigenvalue weighted by atomic mass is 19.1. The van der Waals surface area contributed by atoms with E-state index in [1.807, 2.05) is 12.1 Å². The molecule has 0 aromatic carbocycles. The summed E-state index contributed by atoms with van der Waals surface area (Å²) in [6, 6.07) is 3.24. The quantitative estimate of drug-likeness (QED) is 0.759. The molecule has 3 aromatic heterocycles. The fraction of sp³-hybridized carbons (Fsp3) is 0.368. The topological polar surface area (TPSA) is 98.1 Å². The smallest absolute Gasteiger partial charge is 0.228 e. The number of fused-ring (bicyclic) bond motifs is 1. The number of halogens is 1. The number of aryl methyl sites for hydroxylation is 1. The predicted octanol–water partition coefficient (Wildman–Crippen LogP) is 2.03. The number of piperidine rings is 1. The Morgan fingerprint density at radius 2 is 2.07 bits per heavy atom. The number of aromatic nitrogens is 3. The maximum atomic E-state index is 13.8. The second-order valence-electron chi connectivity index (χ2n) is 6.82. The largest absolute Gasteiger partial charge is 0.439 e. The van der Waals surface area contributed by atoms with Crippen LogP contribution in [0.3, 0.4) is 0 Å². The molecule has 4 heterocycles. The number of oxazole rings is 1. The lowest BCUT2D eigenvalue weighted by molar-refractivity contribution is -0.132. The Hall–Kier alpha value is -2.87. The van der Waals surface area contributed by atoms with E-state index in [0.717, 1.165) is 10.8 Å². The van der Waals surface area contributed by atoms with Crippen LogP contribution in [-0.2, 0) is 11.2 Å². The summed E-state index contributed by atoms with van der Waals surface area (Å²) < 4.78 is 19.3. The fourth-order valence-corrected chi connectivity index (χ4v) is 3.21. The van der Waals surface area contributed by atoms with Gasteiger partial charge in [0.25, 0.3) is 0 Å². The van der Waals surface area contributed by atoms with Crippen LogP contribution in [0, 0.1) is 6.92 Å². The van der Waals surface area contributed by atoms with Crippen LogP contribution >= 0.6 is 0 Å². The van der Waals surface area contributed by atoms with Crippen molar-refractivity contribution in [3.05, 3.63) is 42.3 Å². The number of hydrogen-bond acceptors (Lipinski definition) is 6. The number of nitrogens with zero attached hydrogens (tertiary/aromatic N) is 4. The molecule has 3 aromatic rings. The van der Waals surface area contributed by atoms with Crippen LogP contribution in [0.2, 0.25) is 0 Å². The van der Waals surface area contributed by atoms with Crippen molar-refractivity contribution in [2.75, 3.05) is 13.1 Å². The molecule has 0 unspecified atom stereocenters. The van der Waals surface area contributed by atoms with Gasteiger partial charge in [-0.2, -0.15) is 0 Å². The summed E-state index contributed by atoms with van der Waals surface area (Å²) in [6.07, 6.45) is 4.45. The maximum Gasteiger partial charge on any atom is 0.228 e. The van der Waals surface area contributed by atoms with E-state index in [9.17, 15) is 9.18 Å². The highest BCUT2D eigenvalue weighted by Crippen LogP contribution is 2.23. The monoisotopic (exact) mass is 369 g/mol. The molecule has 0 aliphatic carbocycles. The number of rotatable bonds is 3. The van der Waals surface area contributed by atoms with Gasteiger partial charge in [-0.05, 0) is 23.9 Å². The van der Waals surface area contributed by atoms with Gasteiger partial charge in [-0.15, -0.1) is 0 Å². The number of likely N-dealkylation sites (tertiary alicyclic amines) is 1. The molecule has 1 aliphatic heterocycles. The van der Waals surface area contributed by atoms with Crippen LogP contribution in [0.15, 0.2) is 35.1 Å². The van der Waals surface area contributed by atoms with Crippen LogP contribution in [0.5, 0.6) is 0 Å². The summed E-state index contributed by atoms with van der Waals surface area (Å²) in [4.78, 5) is 26.8. The molecular weight excluding hydrogens is 349 g/mol. The van der Waals surface area contributed by atoms with Crippen LogP contribution in [0.25, 0.3) is 22.2 Å². The maximum absolute atomic E-state index is 13.8. The molecule has 1 amide bonds. The summed E-state index contributed by atoms with van der Waals surface area (Å²) in [5.74, 6) is 1.01. The standard InChI is InChI=1S/C19H20FN5O2/c1-11-22-9-18(27-11)17-5-12-4-14(23-7-13(12)8-24-17)6-19(26)25-3-2-16(21)15(20)10-25/h4-5,7-9,15-16H,2-3,6,10,21H2,1H3/t15-,16-/m1/s1. The van der Waals surface area contributed by atoms with E-state index in [-0.39, 0.29) is 18.9 Å². The molecule has 0 saturated carbocycles. The SMILES string of the molecule is Cc1ncc(-c2cc3cc(CC(=O)N4CC[C@@H](N)[C@H](F)C4)ncc3cn2)o1. The molecule has 4 rings (SSSR count). The van der Waals surface area contributed by atoms with Crippen LogP contribution in [0.1, 0.15) is 18.0 Å². The summed E-state index contributed by atoms with van der Waals surface area (Å²) in [7, 11) is 0. The molecule has 0 spiro atoms. The number of amides is 1. The number of hydrogen-bond donors (Lipinski definition) is 1. The summed E-state index contributed by atoms with van der Waals surface area (Å²) in [6.45, 7) is 2.30. The second kappa shape index (κ2) is 7.03. The third-order valence-corrected chi connectivity index (χ3v) is 4.81. The Balaban J connectivity index is 1.54. The molecule has 0 radical (unpaired) electrons. The number of alkyl halides is 1. The van der Waals surface area contributed by atoms with Crippen LogP contribution in [0.4, 0.5) is 4.39 Å². The van der Waals surface area contributed by atoms with Crippen molar-refractivity contribution < 1.29 is 13.6 Å². The lowest BCUT2D eigenvalue weighted by atomic mass is 10.0. The molecule has 140 valence electrons. The number of pyridine rings is 2. The van der Waals surface area contributed by atoms with E-state index in [1.54, 1.807) is 25.5 Å². The highest BCUT2D eigenvalue weighted by molar-refractivity contribution is 5.85. The lowest BCUT2D eigenvalue weighted by Crippen LogP contribution is -2.50. The first-order valence-corrected chi connectivity index (χ1v) is 8.84. The van der Waals surface area contributed by atoms with Crippen molar-refractivity contribution in [1.29, 1.82) is 0 Å². The first-order chi connectivity index (χ1) is 13.0. The van der Waals surface area contributed by atoms with E-state index >= 15 is 0 Å². The van der Waals surface area contributed by atoms with Crippen molar-refractivity contribution in [1.82, 2.24) is 19.9 Å². The Bertz CT molecular complexity index is 989. The first kappa shape index (κ1) is 17.5. The molecule has 7 nitrogen and oxygen atoms in total. The molecule has 0 bridgehead atoms. The molecule has 2 atom stereocenters. The first-order valence-electron chi connectivity index (χ1n) is 8.84. The van der Waals surface area contributed by atoms with Crippen LogP contribution in [-0.4, -0.2) is 51.1 Å². The Morgan fingerprint density at radius 3 is 2.81 bits per heavy atom. The Morgan fingerprint density at radius 1 is 1.26 bits per heavy atom. The van der Waals surface area contributed by atoms with E-state index in [0.29, 0.717) is 36.0 Å². The van der Waals surface area contributed by atoms with E-state index < -0.39 is 12.2 Å². The van der Waals surface area contributed by atoms with Crippen LogP contribution < -0.4 is 5.73 Å². The summed E-state index contributed by atoms with van der Waals surface area (Å²) in [5, 5.41) is 1.76. The van der Waals surface area contributed by atoms with Gasteiger partial charge in [0.2, 0.25) is 5.91 Å². The number of nitrogens with two attached hydrogens (primary N) is 1. The van der Waals surface area contributed by atoms with E-state index in [4.69, 9.17) is 10.2 Å². The van der Waals surface area contributed by atoms with Crippen molar-refractivity contribution in [3.63, 3.8) is 0 Å². The fourth-order valence-electron chi connectivity index (χ4n) is 3.21. The van der Waals surface area contributed by atoms with Gasteiger partial charge in [-0.3, -0.25) is 14.8 Å². The van der Waals surface area contributed by atoms with Crippen molar-refractivity contribution >= 4 is 16.7 Å². The number of carbonyl (C=O) groups excluding carboxylic acids is 1. The molecule has 1 saturated heterocycles. The Labute approximate surface area is 155 Å². The zero-order chi connectivity index (χ0) is 19.0. The van der Waals surface area contributed by atoms with Crippen molar-refractivity contribution in [3.8, 4) is 11.5 Å². The van der Waals surface area contributed by atoms with Gasteiger partial charge in [0.1, 0.15) is 11.9 Å². The highest BCUT2D eigenvalue weighted by Gasteiger charge is 2.29. The third-order valence-electron chi connectivity index (χ3n) is 4.81. The third kappa shape index (κ3) is 3.66. The molecule has 1 aliphatic rings. The van der Waals surface area contributed by atoms with Gasteiger partial charge in [0.15, 0.2) is 11.7 Å². The molecule has 2 N–H and O–H groups in total. The zero-order valence-corrected chi connectivity index (χ0v) is 14.9. The van der Waals surface area contributed by atoms with E-state index in [2.05, 4.69) is 15.0 Å². The molecule has 8 heteroatoms. The zero-order valence-electron chi connectivity index (χ0n) is 14.9. The van der Waals surface area contributed by atoms with Gasteiger partial charge in [-0.25, -0.2) is 9.37 Å². The number of carbonyl (C=O) groups is 1. The minimum Gasteiger partial charge on any atom is -0.439 e. The molecular formula is C19H20FN5O2. The minimum atomic E-state index is -1.17. The van der Waals surface area contributed by atoms with Gasteiger partial charge < -0.3 is 15.1 Å².